The van der Waals surface area contributed by atoms with Crippen molar-refractivity contribution < 1.29 is 14.7 Å². The predicted octanol–water partition coefficient (Wildman–Crippen LogP) is 4.32. The van der Waals surface area contributed by atoms with Gasteiger partial charge in [-0.2, -0.15) is 0 Å². The fourth-order valence-electron chi connectivity index (χ4n) is 3.52. The molecule has 0 unspecified atom stereocenters. The van der Waals surface area contributed by atoms with E-state index in [2.05, 4.69) is 5.32 Å². The molecule has 3 rings (SSSR count). The van der Waals surface area contributed by atoms with E-state index in [1.165, 1.54) is 0 Å². The van der Waals surface area contributed by atoms with Crippen LogP contribution >= 0.6 is 0 Å². The maximum Gasteiger partial charge on any atom is 0.327 e. The third-order valence-electron chi connectivity index (χ3n) is 4.69. The minimum Gasteiger partial charge on any atom is -0.480 e. The average Bonchev–Trinajstić information content (AvgIpc) is 2.68. The molecule has 0 bridgehead atoms. The maximum atomic E-state index is 12.9. The van der Waals surface area contributed by atoms with Crippen molar-refractivity contribution in [3.05, 3.63) is 107 Å². The number of rotatable bonds is 6. The fourth-order valence-corrected chi connectivity index (χ4v) is 3.52. The molecule has 28 heavy (non-hydrogen) atoms. The summed E-state index contributed by atoms with van der Waals surface area (Å²) in [4.78, 5) is 25.0. The van der Waals surface area contributed by atoms with E-state index in [1.54, 1.807) is 12.1 Å². The standard InChI is InChI=1S/C24H23NO3/c1-16-13-17(2)15-20(14-16)23(26)25-22(24(27)28)21(18-9-5-3-6-10-18)19-11-7-4-8-12-19/h3-15,21-22H,1-2H3,(H,25,26)(H,27,28)/t22-/m1/s1. The molecule has 1 atom stereocenters. The summed E-state index contributed by atoms with van der Waals surface area (Å²) in [6.07, 6.45) is 0. The third-order valence-corrected chi connectivity index (χ3v) is 4.69. The molecule has 2 N–H and O–H groups in total. The molecule has 142 valence electrons. The Labute approximate surface area is 164 Å². The van der Waals surface area contributed by atoms with Gasteiger partial charge >= 0.3 is 5.97 Å². The van der Waals surface area contributed by atoms with Gasteiger partial charge < -0.3 is 10.4 Å². The highest BCUT2D eigenvalue weighted by Gasteiger charge is 2.32. The van der Waals surface area contributed by atoms with Crippen LogP contribution < -0.4 is 5.32 Å². The molecule has 4 heteroatoms. The number of carbonyl (C=O) groups excluding carboxylic acids is 1. The van der Waals surface area contributed by atoms with Gasteiger partial charge in [0.25, 0.3) is 5.91 Å². The minimum atomic E-state index is -1.10. The first kappa shape index (κ1) is 19.4. The number of hydrogen-bond acceptors (Lipinski definition) is 2. The molecule has 0 aliphatic heterocycles. The molecule has 4 nitrogen and oxygen atoms in total. The number of aliphatic carboxylic acids is 1. The number of carboxylic acid groups (broad SMARTS) is 1. The van der Waals surface area contributed by atoms with E-state index in [0.29, 0.717) is 5.56 Å². The number of aryl methyl sites for hydroxylation is 2. The molecule has 0 aliphatic carbocycles. The van der Waals surface area contributed by atoms with Gasteiger partial charge in [0.1, 0.15) is 6.04 Å². The average molecular weight is 373 g/mol. The zero-order chi connectivity index (χ0) is 20.1. The second kappa shape index (κ2) is 8.53. The highest BCUT2D eigenvalue weighted by molar-refractivity contribution is 5.97. The molecule has 0 heterocycles. The Hall–Kier alpha value is -3.40. The van der Waals surface area contributed by atoms with Gasteiger partial charge in [-0.3, -0.25) is 4.79 Å². The summed E-state index contributed by atoms with van der Waals surface area (Å²) < 4.78 is 0. The lowest BCUT2D eigenvalue weighted by atomic mass is 9.85. The number of amides is 1. The first-order valence-electron chi connectivity index (χ1n) is 9.17. The van der Waals surface area contributed by atoms with Crippen molar-refractivity contribution in [2.45, 2.75) is 25.8 Å². The van der Waals surface area contributed by atoms with Crippen molar-refractivity contribution in [3.8, 4) is 0 Å². The topological polar surface area (TPSA) is 66.4 Å². The maximum absolute atomic E-state index is 12.9. The van der Waals surface area contributed by atoms with Crippen LogP contribution in [0.15, 0.2) is 78.9 Å². The second-order valence-electron chi connectivity index (χ2n) is 6.96. The Morgan fingerprint density at radius 2 is 1.25 bits per heavy atom. The lowest BCUT2D eigenvalue weighted by Gasteiger charge is -2.26. The van der Waals surface area contributed by atoms with Crippen LogP contribution in [0.2, 0.25) is 0 Å². The second-order valence-corrected chi connectivity index (χ2v) is 6.96. The van der Waals surface area contributed by atoms with Crippen LogP contribution in [0.4, 0.5) is 0 Å². The van der Waals surface area contributed by atoms with Gasteiger partial charge in [0.15, 0.2) is 0 Å². The van der Waals surface area contributed by atoms with Crippen LogP contribution in [0, 0.1) is 13.8 Å². The molecule has 3 aromatic rings. The van der Waals surface area contributed by atoms with E-state index in [9.17, 15) is 14.7 Å². The molecule has 0 aromatic heterocycles. The summed E-state index contributed by atoms with van der Waals surface area (Å²) >= 11 is 0. The molecular weight excluding hydrogens is 350 g/mol. The number of benzene rings is 3. The smallest absolute Gasteiger partial charge is 0.327 e. The van der Waals surface area contributed by atoms with E-state index in [4.69, 9.17) is 0 Å². The molecule has 3 aromatic carbocycles. The SMILES string of the molecule is Cc1cc(C)cc(C(=O)N[C@@H](C(=O)O)C(c2ccccc2)c2ccccc2)c1. The molecule has 0 aliphatic rings. The van der Waals surface area contributed by atoms with Gasteiger partial charge in [-0.15, -0.1) is 0 Å². The molecular formula is C24H23NO3. The van der Waals surface area contributed by atoms with Crippen LogP contribution in [0.3, 0.4) is 0 Å². The highest BCUT2D eigenvalue weighted by Crippen LogP contribution is 2.28. The number of carbonyl (C=O) groups is 2. The predicted molar refractivity (Wildman–Crippen MR) is 110 cm³/mol. The molecule has 0 saturated carbocycles. The van der Waals surface area contributed by atoms with Crippen molar-refractivity contribution in [1.29, 1.82) is 0 Å². The molecule has 1 amide bonds. The van der Waals surface area contributed by atoms with Crippen LogP contribution in [0.1, 0.15) is 38.5 Å². The van der Waals surface area contributed by atoms with Crippen molar-refractivity contribution in [2.24, 2.45) is 0 Å². The van der Waals surface area contributed by atoms with E-state index >= 15 is 0 Å². The first-order chi connectivity index (χ1) is 13.5. The summed E-state index contributed by atoms with van der Waals surface area (Å²) in [5, 5.41) is 12.7. The Morgan fingerprint density at radius 3 is 1.68 bits per heavy atom. The Morgan fingerprint density at radius 1 is 0.786 bits per heavy atom. The van der Waals surface area contributed by atoms with Gasteiger partial charge in [0.05, 0.1) is 0 Å². The summed E-state index contributed by atoms with van der Waals surface area (Å²) in [6.45, 7) is 3.82. The van der Waals surface area contributed by atoms with Crippen LogP contribution in [0.5, 0.6) is 0 Å². The summed E-state index contributed by atoms with van der Waals surface area (Å²) in [7, 11) is 0. The summed E-state index contributed by atoms with van der Waals surface area (Å²) in [5.74, 6) is -1.97. The molecule has 0 spiro atoms. The molecule has 0 radical (unpaired) electrons. The van der Waals surface area contributed by atoms with E-state index in [1.807, 2.05) is 80.6 Å². The zero-order valence-electron chi connectivity index (χ0n) is 15.9. The van der Waals surface area contributed by atoms with Crippen LogP contribution in [-0.4, -0.2) is 23.0 Å². The Bertz CT molecular complexity index is 908. The van der Waals surface area contributed by atoms with Crippen molar-refractivity contribution in [3.63, 3.8) is 0 Å². The van der Waals surface area contributed by atoms with Gasteiger partial charge in [0.2, 0.25) is 0 Å². The molecule has 0 saturated heterocycles. The minimum absolute atomic E-state index is 0.393. The van der Waals surface area contributed by atoms with Crippen molar-refractivity contribution in [2.75, 3.05) is 0 Å². The number of hydrogen-bond donors (Lipinski definition) is 2. The van der Waals surface area contributed by atoms with Crippen LogP contribution in [0.25, 0.3) is 0 Å². The third kappa shape index (κ3) is 4.46. The quantitative estimate of drug-likeness (QED) is 0.676. The van der Waals surface area contributed by atoms with E-state index in [-0.39, 0.29) is 0 Å². The number of carboxylic acids is 1. The van der Waals surface area contributed by atoms with Crippen molar-refractivity contribution in [1.82, 2.24) is 5.32 Å². The Balaban J connectivity index is 2.00. The van der Waals surface area contributed by atoms with Gasteiger partial charge in [0, 0.05) is 11.5 Å². The normalized spacial score (nSPS) is 11.8. The highest BCUT2D eigenvalue weighted by atomic mass is 16.4. The molecule has 0 fully saturated rings. The number of nitrogens with one attached hydrogen (secondary N) is 1. The largest absolute Gasteiger partial charge is 0.480 e. The lowest BCUT2D eigenvalue weighted by Crippen LogP contribution is -2.45. The van der Waals surface area contributed by atoms with Crippen LogP contribution in [-0.2, 0) is 4.79 Å². The van der Waals surface area contributed by atoms with Crippen molar-refractivity contribution >= 4 is 11.9 Å². The van der Waals surface area contributed by atoms with Gasteiger partial charge in [-0.05, 0) is 37.1 Å². The fraction of sp³-hybridized carbons (Fsp3) is 0.167. The summed E-state index contributed by atoms with van der Waals surface area (Å²) in [5.41, 5.74) is 4.05. The monoisotopic (exact) mass is 373 g/mol. The van der Waals surface area contributed by atoms with E-state index in [0.717, 1.165) is 22.3 Å². The van der Waals surface area contributed by atoms with Gasteiger partial charge in [-0.25, -0.2) is 4.79 Å². The Kier molecular flexibility index (Phi) is 5.90. The van der Waals surface area contributed by atoms with Gasteiger partial charge in [-0.1, -0.05) is 77.9 Å². The lowest BCUT2D eigenvalue weighted by molar-refractivity contribution is -0.139. The summed E-state index contributed by atoms with van der Waals surface area (Å²) in [6, 6.07) is 23.2. The zero-order valence-corrected chi connectivity index (χ0v) is 15.9. The first-order valence-corrected chi connectivity index (χ1v) is 9.17. The van der Waals surface area contributed by atoms with E-state index < -0.39 is 23.8 Å².